The first-order valence-electron chi connectivity index (χ1n) is 9.30. The molecule has 0 amide bonds. The fraction of sp³-hybridized carbons (Fsp3) is 0.300. The number of hydrogen-bond donors (Lipinski definition) is 1. The number of ether oxygens (including phenoxy) is 2. The van der Waals surface area contributed by atoms with Crippen molar-refractivity contribution in [3.05, 3.63) is 65.2 Å². The Morgan fingerprint density at radius 1 is 1.10 bits per heavy atom. The van der Waals surface area contributed by atoms with E-state index in [0.29, 0.717) is 35.7 Å². The minimum Gasteiger partial charge on any atom is -0.454 e. The number of halogens is 5. The summed E-state index contributed by atoms with van der Waals surface area (Å²) in [5.74, 6) is -0.0248. The van der Waals surface area contributed by atoms with Crippen LogP contribution in [0.4, 0.5) is 17.6 Å². The van der Waals surface area contributed by atoms with Crippen LogP contribution in [0.15, 0.2) is 42.6 Å². The molecule has 2 atom stereocenters. The zero-order valence-corrected chi connectivity index (χ0v) is 16.7. The molecule has 2 aromatic carbocycles. The highest BCUT2D eigenvalue weighted by molar-refractivity contribution is 5.85. The molecule has 0 bridgehead atoms. The van der Waals surface area contributed by atoms with Gasteiger partial charge in [-0.1, -0.05) is 11.3 Å². The monoisotopic (exact) mass is 456 g/mol. The van der Waals surface area contributed by atoms with E-state index < -0.39 is 17.6 Å². The standard InChI is InChI=1S/C20H16F4N4O2.ClH/c21-16-3-1-11(5-15(16)20(22,23)24)14-7-17(14)25-8-12-9-28(27-26-12)13-2-4-18-19(6-13)30-10-29-18;/h1-6,9,14,17,25H,7-8,10H2;1H/t14-,17+;/m0./s1. The van der Waals surface area contributed by atoms with E-state index in [2.05, 4.69) is 15.6 Å². The summed E-state index contributed by atoms with van der Waals surface area (Å²) < 4.78 is 64.4. The molecule has 1 N–H and O–H groups in total. The Morgan fingerprint density at radius 3 is 2.71 bits per heavy atom. The average Bonchev–Trinajstić information content (AvgIpc) is 3.11. The summed E-state index contributed by atoms with van der Waals surface area (Å²) in [6, 6.07) is 8.63. The number of rotatable bonds is 5. The van der Waals surface area contributed by atoms with Crippen molar-refractivity contribution in [2.24, 2.45) is 0 Å². The molecule has 2 aliphatic rings. The molecule has 3 aromatic rings. The van der Waals surface area contributed by atoms with E-state index in [4.69, 9.17) is 9.47 Å². The van der Waals surface area contributed by atoms with Gasteiger partial charge >= 0.3 is 6.18 Å². The SMILES string of the molecule is Cl.Fc1ccc([C@@H]2C[C@H]2NCc2cn(-c3ccc4c(c3)OCO4)nn2)cc1C(F)(F)F. The second-order valence-electron chi connectivity index (χ2n) is 7.26. The van der Waals surface area contributed by atoms with E-state index in [-0.39, 0.29) is 31.2 Å². The van der Waals surface area contributed by atoms with Crippen molar-refractivity contribution in [2.75, 3.05) is 6.79 Å². The zero-order valence-electron chi connectivity index (χ0n) is 15.9. The Hall–Kier alpha value is -2.85. The van der Waals surface area contributed by atoms with E-state index in [1.54, 1.807) is 23.0 Å². The van der Waals surface area contributed by atoms with Crippen LogP contribution in [-0.2, 0) is 12.7 Å². The fourth-order valence-corrected chi connectivity index (χ4v) is 3.55. The molecule has 164 valence electrons. The second-order valence-corrected chi connectivity index (χ2v) is 7.26. The number of aromatic nitrogens is 3. The molecule has 0 spiro atoms. The number of nitrogens with one attached hydrogen (secondary N) is 1. The first-order valence-corrected chi connectivity index (χ1v) is 9.30. The van der Waals surface area contributed by atoms with Gasteiger partial charge in [-0.2, -0.15) is 13.2 Å². The normalized spacial score (nSPS) is 19.2. The number of alkyl halides is 3. The summed E-state index contributed by atoms with van der Waals surface area (Å²) in [7, 11) is 0. The van der Waals surface area contributed by atoms with Gasteiger partial charge in [0.25, 0.3) is 0 Å². The maximum atomic E-state index is 13.5. The van der Waals surface area contributed by atoms with Crippen LogP contribution < -0.4 is 14.8 Å². The molecule has 2 heterocycles. The van der Waals surface area contributed by atoms with Gasteiger partial charge < -0.3 is 14.8 Å². The van der Waals surface area contributed by atoms with Crippen LogP contribution in [0.1, 0.15) is 29.2 Å². The van der Waals surface area contributed by atoms with Crippen molar-refractivity contribution in [2.45, 2.75) is 31.1 Å². The van der Waals surface area contributed by atoms with Crippen molar-refractivity contribution in [1.82, 2.24) is 20.3 Å². The average molecular weight is 457 g/mol. The lowest BCUT2D eigenvalue weighted by atomic mass is 10.1. The zero-order chi connectivity index (χ0) is 20.9. The molecule has 1 aliphatic carbocycles. The quantitative estimate of drug-likeness (QED) is 0.582. The van der Waals surface area contributed by atoms with Crippen molar-refractivity contribution in [1.29, 1.82) is 0 Å². The minimum absolute atomic E-state index is 0. The van der Waals surface area contributed by atoms with Crippen LogP contribution in [-0.4, -0.2) is 27.8 Å². The van der Waals surface area contributed by atoms with Crippen molar-refractivity contribution >= 4 is 12.4 Å². The summed E-state index contributed by atoms with van der Waals surface area (Å²) in [5.41, 5.74) is 0.712. The molecule has 1 aromatic heterocycles. The second kappa shape index (κ2) is 8.01. The van der Waals surface area contributed by atoms with Crippen molar-refractivity contribution < 1.29 is 27.0 Å². The minimum atomic E-state index is -4.70. The fourth-order valence-electron chi connectivity index (χ4n) is 3.55. The van der Waals surface area contributed by atoms with Crippen LogP contribution in [0, 0.1) is 5.82 Å². The van der Waals surface area contributed by atoms with E-state index in [0.717, 1.165) is 17.8 Å². The highest BCUT2D eigenvalue weighted by atomic mass is 35.5. The van der Waals surface area contributed by atoms with Crippen molar-refractivity contribution in [3.63, 3.8) is 0 Å². The number of fused-ring (bicyclic) bond motifs is 1. The van der Waals surface area contributed by atoms with Crippen LogP contribution in [0.3, 0.4) is 0 Å². The maximum Gasteiger partial charge on any atom is 0.419 e. The highest BCUT2D eigenvalue weighted by Gasteiger charge is 2.40. The Morgan fingerprint density at radius 2 is 1.90 bits per heavy atom. The largest absolute Gasteiger partial charge is 0.454 e. The van der Waals surface area contributed by atoms with Gasteiger partial charge in [-0.3, -0.25) is 0 Å². The summed E-state index contributed by atoms with van der Waals surface area (Å²) >= 11 is 0. The lowest BCUT2D eigenvalue weighted by Crippen LogP contribution is -2.17. The predicted octanol–water partition coefficient (Wildman–Crippen LogP) is 4.22. The van der Waals surface area contributed by atoms with Gasteiger partial charge in [0, 0.05) is 24.6 Å². The molecule has 31 heavy (non-hydrogen) atoms. The van der Waals surface area contributed by atoms with E-state index in [1.807, 2.05) is 6.07 Å². The Labute approximate surface area is 180 Å². The molecule has 0 unspecified atom stereocenters. The highest BCUT2D eigenvalue weighted by Crippen LogP contribution is 2.43. The number of benzene rings is 2. The van der Waals surface area contributed by atoms with Gasteiger partial charge in [-0.25, -0.2) is 9.07 Å². The number of hydrogen-bond acceptors (Lipinski definition) is 5. The van der Waals surface area contributed by atoms with E-state index in [9.17, 15) is 17.6 Å². The lowest BCUT2D eigenvalue weighted by Gasteiger charge is -2.10. The van der Waals surface area contributed by atoms with Gasteiger partial charge in [0.1, 0.15) is 5.82 Å². The molecule has 11 heteroatoms. The lowest BCUT2D eigenvalue weighted by molar-refractivity contribution is -0.140. The van der Waals surface area contributed by atoms with E-state index in [1.165, 1.54) is 6.07 Å². The summed E-state index contributed by atoms with van der Waals surface area (Å²) in [5, 5.41) is 11.5. The smallest absolute Gasteiger partial charge is 0.419 e. The summed E-state index contributed by atoms with van der Waals surface area (Å²) in [6.07, 6.45) is -2.26. The van der Waals surface area contributed by atoms with Gasteiger partial charge in [-0.05, 0) is 36.2 Å². The third-order valence-corrected chi connectivity index (χ3v) is 5.22. The van der Waals surface area contributed by atoms with Crippen LogP contribution in [0.5, 0.6) is 11.5 Å². The van der Waals surface area contributed by atoms with E-state index >= 15 is 0 Å². The maximum absolute atomic E-state index is 13.5. The summed E-state index contributed by atoms with van der Waals surface area (Å²) in [4.78, 5) is 0. The van der Waals surface area contributed by atoms with Gasteiger partial charge in [0.15, 0.2) is 11.5 Å². The third kappa shape index (κ3) is 4.31. The first-order chi connectivity index (χ1) is 14.4. The molecule has 6 nitrogen and oxygen atoms in total. The predicted molar refractivity (Wildman–Crippen MR) is 104 cm³/mol. The van der Waals surface area contributed by atoms with Crippen LogP contribution in [0.2, 0.25) is 0 Å². The molecule has 1 aliphatic heterocycles. The van der Waals surface area contributed by atoms with Gasteiger partial charge in [0.2, 0.25) is 6.79 Å². The third-order valence-electron chi connectivity index (χ3n) is 5.22. The molecule has 0 saturated heterocycles. The molecular weight excluding hydrogens is 440 g/mol. The Balaban J connectivity index is 0.00000231. The molecule has 0 radical (unpaired) electrons. The van der Waals surface area contributed by atoms with Crippen LogP contribution in [0.25, 0.3) is 5.69 Å². The molecule has 1 saturated carbocycles. The Kier molecular flexibility index (Phi) is 5.52. The Bertz CT molecular complexity index is 1110. The van der Waals surface area contributed by atoms with Crippen molar-refractivity contribution in [3.8, 4) is 17.2 Å². The van der Waals surface area contributed by atoms with Gasteiger partial charge in [-0.15, -0.1) is 17.5 Å². The number of nitrogens with zero attached hydrogens (tertiary/aromatic N) is 3. The molecule has 5 rings (SSSR count). The topological polar surface area (TPSA) is 61.2 Å². The molecular formula is C20H17ClF4N4O2. The first kappa shape index (κ1) is 21.4. The summed E-state index contributed by atoms with van der Waals surface area (Å²) in [6.45, 7) is 0.603. The van der Waals surface area contributed by atoms with Crippen LogP contribution >= 0.6 is 12.4 Å². The van der Waals surface area contributed by atoms with Gasteiger partial charge in [0.05, 0.1) is 23.1 Å². The molecule has 1 fully saturated rings.